The van der Waals surface area contributed by atoms with Crippen molar-refractivity contribution in [3.63, 3.8) is 0 Å². The molecule has 9 rings (SSSR count). The molecule has 9 aromatic rings. The van der Waals surface area contributed by atoms with Crippen molar-refractivity contribution in [1.29, 1.82) is 0 Å². The molecule has 65 heavy (non-hydrogen) atoms. The van der Waals surface area contributed by atoms with Crippen molar-refractivity contribution in [1.82, 2.24) is 34.1 Å². The maximum Gasteiger partial charge on any atom is 0.264 e. The van der Waals surface area contributed by atoms with Gasteiger partial charge in [-0.25, -0.2) is 34.6 Å². The summed E-state index contributed by atoms with van der Waals surface area (Å²) < 4.78 is 8.56. The van der Waals surface area contributed by atoms with Gasteiger partial charge in [0.25, 0.3) is 11.1 Å². The van der Waals surface area contributed by atoms with Crippen LogP contribution in [0.4, 0.5) is 34.9 Å². The smallest absolute Gasteiger partial charge is 0.264 e. The second-order valence-electron chi connectivity index (χ2n) is 14.1. The zero-order valence-electron chi connectivity index (χ0n) is 34.5. The fourth-order valence-electron chi connectivity index (χ4n) is 7.25. The van der Waals surface area contributed by atoms with Crippen LogP contribution in [-0.2, 0) is 13.1 Å². The van der Waals surface area contributed by atoms with Crippen molar-refractivity contribution in [2.75, 3.05) is 29.2 Å². The molecular weight excluding hydrogens is 842 g/mol. The summed E-state index contributed by atoms with van der Waals surface area (Å²) in [5.74, 6) is 1.20. The van der Waals surface area contributed by atoms with Gasteiger partial charge in [0, 0.05) is 47.4 Å². The molecule has 0 aliphatic carbocycles. The Hall–Kier alpha value is -9.12. The Balaban J connectivity index is 0.000000181. The van der Waals surface area contributed by atoms with E-state index in [1.165, 1.54) is 12.4 Å². The molecule has 0 saturated carbocycles. The van der Waals surface area contributed by atoms with E-state index < -0.39 is 0 Å². The van der Waals surface area contributed by atoms with Gasteiger partial charge in [0.2, 0.25) is 29.2 Å². The number of benzene rings is 4. The molecule has 0 aliphatic rings. The van der Waals surface area contributed by atoms with Crippen LogP contribution >= 0.6 is 11.6 Å². The molecule has 4 aromatic carbocycles. The van der Waals surface area contributed by atoms with Crippen molar-refractivity contribution in [3.8, 4) is 28.4 Å². The number of hydrogen-bond donors (Lipinski definition) is 4. The molecule has 0 amide bonds. The van der Waals surface area contributed by atoms with Crippen LogP contribution in [0.15, 0.2) is 150 Å². The molecule has 0 spiro atoms. The number of para-hydroxylation sites is 2. The van der Waals surface area contributed by atoms with Gasteiger partial charge in [-0.05, 0) is 70.4 Å². The molecule has 5 aromatic heterocycles. The van der Waals surface area contributed by atoms with Gasteiger partial charge in [-0.1, -0.05) is 78.3 Å². The molecule has 0 radical (unpaired) electrons. The van der Waals surface area contributed by atoms with Crippen molar-refractivity contribution in [2.45, 2.75) is 13.1 Å². The van der Waals surface area contributed by atoms with Crippen LogP contribution in [0.5, 0.6) is 5.88 Å². The normalized spacial score (nSPS) is 10.6. The molecule has 17 heteroatoms. The number of rotatable bonds is 10. The maximum absolute atomic E-state index is 14.1. The Bertz CT molecular complexity index is 3440. The number of nitrogens with zero attached hydrogens (tertiary/aromatic N) is 9. The zero-order chi connectivity index (χ0) is 45.5. The monoisotopic (exact) mass is 877 g/mol. The standard InChI is InChI=1S/C27H21N7O2.C21H15ClN6O/c1-29-22-16-32-27(28)33-25(22)31-15-20-13-18-7-6-10-21(17-11-12-30-23(14-17)36-2)24(18)26(35)34(20)19-8-4-3-5-9-19;1-24-17-12-26-21(23)27-19(17)25-11-15-10-13-6-5-9-16(22)18(13)20(29)28(15)14-7-3-2-4-8-14/h3-14,16H,15H2,2H3,(H3,28,31,32,33);2-10,12H,11H2,(H3,23,25,26,27). The highest BCUT2D eigenvalue weighted by molar-refractivity contribution is 6.35. The number of methoxy groups -OCH3 is 1. The highest BCUT2D eigenvalue weighted by atomic mass is 35.5. The molecule has 0 aliphatic heterocycles. The van der Waals surface area contributed by atoms with E-state index in [1.54, 1.807) is 34.6 Å². The summed E-state index contributed by atoms with van der Waals surface area (Å²) in [4.78, 5) is 54.4. The van der Waals surface area contributed by atoms with Crippen LogP contribution in [0.2, 0.25) is 5.02 Å². The zero-order valence-corrected chi connectivity index (χ0v) is 35.2. The van der Waals surface area contributed by atoms with Crippen LogP contribution in [0, 0.1) is 13.1 Å². The molecule has 318 valence electrons. The van der Waals surface area contributed by atoms with Gasteiger partial charge in [0.05, 0.1) is 49.1 Å². The number of anilines is 4. The number of halogens is 1. The summed E-state index contributed by atoms with van der Waals surface area (Å²) in [5.41, 5.74) is 15.9. The van der Waals surface area contributed by atoms with E-state index in [1.807, 2.05) is 109 Å². The topological polar surface area (TPSA) is 203 Å². The lowest BCUT2D eigenvalue weighted by Crippen LogP contribution is -2.24. The lowest BCUT2D eigenvalue weighted by Gasteiger charge is -2.17. The second kappa shape index (κ2) is 18.9. The quantitative estimate of drug-likeness (QED) is 0.0953. The maximum atomic E-state index is 14.1. The van der Waals surface area contributed by atoms with Crippen molar-refractivity contribution < 1.29 is 4.74 Å². The number of hydrogen-bond acceptors (Lipinski definition) is 12. The molecule has 0 bridgehead atoms. The van der Waals surface area contributed by atoms with Gasteiger partial charge < -0.3 is 26.8 Å². The Kier molecular flexibility index (Phi) is 12.4. The molecule has 0 saturated heterocycles. The minimum Gasteiger partial charge on any atom is -0.481 e. The highest BCUT2D eigenvalue weighted by Crippen LogP contribution is 2.31. The Morgan fingerprint density at radius 1 is 0.646 bits per heavy atom. The van der Waals surface area contributed by atoms with Crippen LogP contribution in [-0.4, -0.2) is 41.2 Å². The number of fused-ring (bicyclic) bond motifs is 2. The van der Waals surface area contributed by atoms with Gasteiger partial charge in [0.15, 0.2) is 0 Å². The Labute approximate surface area is 376 Å². The van der Waals surface area contributed by atoms with Gasteiger partial charge in [0.1, 0.15) is 11.6 Å². The predicted molar refractivity (Wildman–Crippen MR) is 254 cm³/mol. The van der Waals surface area contributed by atoms with Gasteiger partial charge in [-0.3, -0.25) is 18.7 Å². The summed E-state index contributed by atoms with van der Waals surface area (Å²) in [5, 5.41) is 9.20. The molecule has 0 atom stereocenters. The van der Waals surface area contributed by atoms with Crippen LogP contribution < -0.4 is 38.0 Å². The fourth-order valence-corrected chi connectivity index (χ4v) is 7.51. The largest absolute Gasteiger partial charge is 0.481 e. The van der Waals surface area contributed by atoms with E-state index in [0.717, 1.165) is 27.6 Å². The molecule has 16 nitrogen and oxygen atoms in total. The lowest BCUT2D eigenvalue weighted by atomic mass is 9.99. The number of nitrogens with two attached hydrogens (primary N) is 2. The summed E-state index contributed by atoms with van der Waals surface area (Å²) in [7, 11) is 1.56. The fraction of sp³-hybridized carbons (Fsp3) is 0.0625. The number of pyridine rings is 3. The van der Waals surface area contributed by atoms with Crippen molar-refractivity contribution in [3.05, 3.63) is 200 Å². The van der Waals surface area contributed by atoms with Crippen LogP contribution in [0.3, 0.4) is 0 Å². The van der Waals surface area contributed by atoms with Crippen LogP contribution in [0.25, 0.3) is 53.7 Å². The second-order valence-corrected chi connectivity index (χ2v) is 14.5. The van der Waals surface area contributed by atoms with E-state index in [2.05, 4.69) is 45.2 Å². The first kappa shape index (κ1) is 42.6. The van der Waals surface area contributed by atoms with Gasteiger partial charge in [-0.15, -0.1) is 0 Å². The third-order valence-corrected chi connectivity index (χ3v) is 10.5. The van der Waals surface area contributed by atoms with Gasteiger partial charge in [-0.2, -0.15) is 0 Å². The average Bonchev–Trinajstić information content (AvgIpc) is 3.33. The SMILES string of the molecule is [C-]#[N+]c1cnc(N)nc1NCc1cc2cccc(-c3ccnc(OC)c3)c2c(=O)n1-c1ccccc1.[C-]#[N+]c1cnc(N)nc1NCc1cc2cccc(Cl)c2c(=O)n1-c1ccccc1. The van der Waals surface area contributed by atoms with Crippen molar-refractivity contribution in [2.24, 2.45) is 0 Å². The van der Waals surface area contributed by atoms with Crippen LogP contribution in [0.1, 0.15) is 11.4 Å². The Morgan fingerprint density at radius 2 is 1.15 bits per heavy atom. The summed E-state index contributed by atoms with van der Waals surface area (Å²) in [6, 6.07) is 37.3. The molecule has 0 unspecified atom stereocenters. The van der Waals surface area contributed by atoms with E-state index in [4.69, 9.17) is 40.9 Å². The number of nitrogen functional groups attached to an aromatic ring is 2. The summed E-state index contributed by atoms with van der Waals surface area (Å²) in [6.07, 6.45) is 4.39. The minimum absolute atomic E-state index is 0.0567. The first-order valence-electron chi connectivity index (χ1n) is 19.8. The van der Waals surface area contributed by atoms with E-state index in [9.17, 15) is 9.59 Å². The molecule has 5 heterocycles. The van der Waals surface area contributed by atoms with Gasteiger partial charge >= 0.3 is 0 Å². The molecular formula is C48H36ClN13O3. The average molecular weight is 878 g/mol. The predicted octanol–water partition coefficient (Wildman–Crippen LogP) is 8.78. The summed E-state index contributed by atoms with van der Waals surface area (Å²) >= 11 is 6.31. The lowest BCUT2D eigenvalue weighted by molar-refractivity contribution is 0.398. The first-order chi connectivity index (χ1) is 31.7. The number of nitrogens with one attached hydrogen (secondary N) is 2. The number of ether oxygens (including phenoxy) is 1. The van der Waals surface area contributed by atoms with Crippen molar-refractivity contribution >= 4 is 68.1 Å². The third kappa shape index (κ3) is 8.96. The first-order valence-corrected chi connectivity index (χ1v) is 20.1. The minimum atomic E-state index is -0.219. The molecule has 0 fully saturated rings. The van der Waals surface area contributed by atoms with E-state index in [0.29, 0.717) is 50.4 Å². The number of aromatic nitrogens is 7. The third-order valence-electron chi connectivity index (χ3n) is 10.2. The van der Waals surface area contributed by atoms with E-state index in [-0.39, 0.29) is 47.5 Å². The highest BCUT2D eigenvalue weighted by Gasteiger charge is 2.18. The Morgan fingerprint density at radius 3 is 1.68 bits per heavy atom. The molecule has 6 N–H and O–H groups in total. The van der Waals surface area contributed by atoms with E-state index >= 15 is 0 Å². The summed E-state index contributed by atoms with van der Waals surface area (Å²) in [6.45, 7) is 15.1.